The molecule has 4 aromatic rings. The molecule has 0 spiro atoms. The summed E-state index contributed by atoms with van der Waals surface area (Å²) in [5, 5.41) is 2.47. The number of hydrogen-bond donors (Lipinski definition) is 2. The van der Waals surface area contributed by atoms with E-state index in [9.17, 15) is 22.0 Å². The molecule has 3 aromatic carbocycles. The van der Waals surface area contributed by atoms with Gasteiger partial charge in [-0.15, -0.1) is 0 Å². The number of carbonyl (C=O) groups excluding carboxylic acids is 1. The van der Waals surface area contributed by atoms with Gasteiger partial charge in [0, 0.05) is 11.0 Å². The summed E-state index contributed by atoms with van der Waals surface area (Å²) < 4.78 is 65.1. The molecule has 0 saturated heterocycles. The Hall–Kier alpha value is -2.55. The Morgan fingerprint density at radius 3 is 2.38 bits per heavy atom. The molecule has 39 heavy (non-hydrogen) atoms. The fraction of sp³-hybridized carbons (Fsp3) is 0.130. The highest BCUT2D eigenvalue weighted by molar-refractivity contribution is 7.99. The van der Waals surface area contributed by atoms with Crippen molar-refractivity contribution in [1.29, 1.82) is 0 Å². The lowest BCUT2D eigenvalue weighted by molar-refractivity contribution is 0.102. The van der Waals surface area contributed by atoms with Crippen LogP contribution in [0.1, 0.15) is 10.4 Å². The number of halogens is 5. The molecule has 0 radical (unpaired) electrons. The molecule has 0 fully saturated rings. The number of amides is 1. The van der Waals surface area contributed by atoms with Crippen LogP contribution in [-0.4, -0.2) is 39.3 Å². The lowest BCUT2D eigenvalue weighted by atomic mass is 10.2. The zero-order valence-corrected chi connectivity index (χ0v) is 24.4. The first-order valence-electron chi connectivity index (χ1n) is 10.5. The van der Waals surface area contributed by atoms with Crippen molar-refractivity contribution in [2.24, 2.45) is 0 Å². The first-order valence-corrected chi connectivity index (χ1v) is 14.8. The smallest absolute Gasteiger partial charge is 0.288 e. The molecule has 1 heterocycles. The maximum absolute atomic E-state index is 13.3. The summed E-state index contributed by atoms with van der Waals surface area (Å²) in [4.78, 5) is 17.2. The highest BCUT2D eigenvalue weighted by Crippen LogP contribution is 2.38. The van der Waals surface area contributed by atoms with Crippen molar-refractivity contribution >= 4 is 94.9 Å². The number of aromatic nitrogens is 1. The van der Waals surface area contributed by atoms with Gasteiger partial charge in [-0.3, -0.25) is 14.8 Å². The number of benzene rings is 3. The number of rotatable bonds is 9. The molecule has 16 heteroatoms. The van der Waals surface area contributed by atoms with E-state index in [1.165, 1.54) is 38.5 Å². The maximum atomic E-state index is 13.3. The number of anilines is 2. The van der Waals surface area contributed by atoms with Crippen LogP contribution >= 0.6 is 57.9 Å². The molecule has 4 rings (SSSR count). The van der Waals surface area contributed by atoms with Gasteiger partial charge in [0.25, 0.3) is 21.7 Å². The lowest BCUT2D eigenvalue weighted by Crippen LogP contribution is -2.17. The van der Waals surface area contributed by atoms with Crippen LogP contribution in [0.4, 0.5) is 19.6 Å². The zero-order valence-electron chi connectivity index (χ0n) is 19.7. The Labute approximate surface area is 244 Å². The predicted octanol–water partition coefficient (Wildman–Crippen LogP) is 7.64. The van der Waals surface area contributed by atoms with Crippen molar-refractivity contribution in [1.82, 2.24) is 4.98 Å². The van der Waals surface area contributed by atoms with Gasteiger partial charge in [-0.1, -0.05) is 57.9 Å². The van der Waals surface area contributed by atoms with E-state index in [1.807, 2.05) is 0 Å². The molecule has 8 nitrogen and oxygen atoms in total. The standard InChI is InChI=1S/C23H16Cl3F2N3O5S3/c1-35-17-9-18(36-2)16(8-13(17)25)31-39(33,34)20-6-11(12(24)7-14(20)26)21(32)30-23-29-15-4-3-10(37-22(27)28)5-19(15)38-23/h3-9,22,31H,1-2H3,(H,29,30,32). The Balaban J connectivity index is 1.63. The number of carbonyl (C=O) groups is 1. The topological polar surface area (TPSA) is 107 Å². The van der Waals surface area contributed by atoms with Crippen molar-refractivity contribution < 1.29 is 31.5 Å². The first-order chi connectivity index (χ1) is 18.4. The number of methoxy groups -OCH3 is 2. The predicted molar refractivity (Wildman–Crippen MR) is 151 cm³/mol. The SMILES string of the molecule is COc1cc(OC)c(NS(=O)(=O)c2cc(C(=O)Nc3nc4ccc(SC(F)F)cc4s3)c(Cl)cc2Cl)cc1Cl. The maximum Gasteiger partial charge on any atom is 0.288 e. The van der Waals surface area contributed by atoms with E-state index in [0.29, 0.717) is 26.9 Å². The van der Waals surface area contributed by atoms with Gasteiger partial charge in [-0.25, -0.2) is 13.4 Å². The third-order valence-corrected chi connectivity index (χ3v) is 9.16. The second-order valence-corrected chi connectivity index (χ2v) is 12.5. The second kappa shape index (κ2) is 11.9. The van der Waals surface area contributed by atoms with Crippen molar-refractivity contribution in [3.8, 4) is 11.5 Å². The van der Waals surface area contributed by atoms with Crippen LogP contribution < -0.4 is 19.5 Å². The van der Waals surface area contributed by atoms with Gasteiger partial charge < -0.3 is 9.47 Å². The van der Waals surface area contributed by atoms with Gasteiger partial charge in [-0.05, 0) is 36.4 Å². The molecular weight excluding hydrogens is 639 g/mol. The molecule has 0 unspecified atom stereocenters. The van der Waals surface area contributed by atoms with Crippen LogP contribution in [0.25, 0.3) is 10.2 Å². The zero-order chi connectivity index (χ0) is 28.5. The monoisotopic (exact) mass is 653 g/mol. The lowest BCUT2D eigenvalue weighted by Gasteiger charge is -2.15. The Morgan fingerprint density at radius 2 is 1.72 bits per heavy atom. The number of alkyl halides is 2. The average Bonchev–Trinajstić information content (AvgIpc) is 3.24. The molecule has 1 amide bonds. The Morgan fingerprint density at radius 1 is 1.00 bits per heavy atom. The average molecular weight is 655 g/mol. The third-order valence-electron chi connectivity index (χ3n) is 5.08. The first kappa shape index (κ1) is 29.4. The van der Waals surface area contributed by atoms with Crippen LogP contribution in [0.5, 0.6) is 11.5 Å². The van der Waals surface area contributed by atoms with E-state index in [2.05, 4.69) is 15.0 Å². The fourth-order valence-corrected chi connectivity index (χ4v) is 7.02. The highest BCUT2D eigenvalue weighted by atomic mass is 35.5. The number of thioether (sulfide) groups is 1. The number of thiazole rings is 1. The molecule has 0 aliphatic heterocycles. The van der Waals surface area contributed by atoms with E-state index in [0.717, 1.165) is 23.5 Å². The van der Waals surface area contributed by atoms with Crippen LogP contribution in [0.15, 0.2) is 52.3 Å². The van der Waals surface area contributed by atoms with Crippen molar-refractivity contribution in [2.75, 3.05) is 24.3 Å². The van der Waals surface area contributed by atoms with Gasteiger partial charge in [0.05, 0.1) is 50.8 Å². The van der Waals surface area contributed by atoms with Crippen molar-refractivity contribution in [3.63, 3.8) is 0 Å². The van der Waals surface area contributed by atoms with Gasteiger partial charge in [0.15, 0.2) is 5.13 Å². The van der Waals surface area contributed by atoms with Crippen molar-refractivity contribution in [2.45, 2.75) is 15.5 Å². The van der Waals surface area contributed by atoms with E-state index in [1.54, 1.807) is 6.07 Å². The third kappa shape index (κ3) is 6.61. The van der Waals surface area contributed by atoms with Gasteiger partial charge in [-0.2, -0.15) is 8.78 Å². The number of nitrogens with one attached hydrogen (secondary N) is 2. The summed E-state index contributed by atoms with van der Waals surface area (Å²) in [5.41, 5.74) is 0.282. The Kier molecular flexibility index (Phi) is 8.98. The summed E-state index contributed by atoms with van der Waals surface area (Å²) in [7, 11) is -1.65. The molecular formula is C23H16Cl3F2N3O5S3. The second-order valence-electron chi connectivity index (χ2n) is 7.54. The van der Waals surface area contributed by atoms with Gasteiger partial charge in [0.2, 0.25) is 0 Å². The van der Waals surface area contributed by atoms with Crippen LogP contribution in [0, 0.1) is 0 Å². The minimum atomic E-state index is -4.37. The van der Waals surface area contributed by atoms with Gasteiger partial charge in [0.1, 0.15) is 16.4 Å². The minimum Gasteiger partial charge on any atom is -0.495 e. The normalized spacial score (nSPS) is 11.6. The summed E-state index contributed by atoms with van der Waals surface area (Å²) in [6.07, 6.45) is 0. The molecule has 0 aliphatic carbocycles. The van der Waals surface area contributed by atoms with E-state index in [-0.39, 0.29) is 42.9 Å². The number of nitrogens with zero attached hydrogens (tertiary/aromatic N) is 1. The summed E-state index contributed by atoms with van der Waals surface area (Å²) in [6.45, 7) is 0. The number of ether oxygens (including phenoxy) is 2. The van der Waals surface area contributed by atoms with Crippen LogP contribution in [-0.2, 0) is 10.0 Å². The summed E-state index contributed by atoms with van der Waals surface area (Å²) in [6, 6.07) is 9.42. The molecule has 206 valence electrons. The molecule has 0 aliphatic rings. The van der Waals surface area contributed by atoms with Crippen molar-refractivity contribution in [3.05, 3.63) is 63.1 Å². The van der Waals surface area contributed by atoms with Gasteiger partial charge >= 0.3 is 0 Å². The fourth-order valence-electron chi connectivity index (χ4n) is 3.35. The molecule has 2 N–H and O–H groups in total. The van der Waals surface area contributed by atoms with E-state index < -0.39 is 26.6 Å². The number of fused-ring (bicyclic) bond motifs is 1. The number of hydrogen-bond acceptors (Lipinski definition) is 8. The minimum absolute atomic E-state index is 0.000770. The van der Waals surface area contributed by atoms with E-state index >= 15 is 0 Å². The number of sulfonamides is 1. The largest absolute Gasteiger partial charge is 0.495 e. The summed E-state index contributed by atoms with van der Waals surface area (Å²) >= 11 is 20.0. The Bertz CT molecular complexity index is 1690. The van der Waals surface area contributed by atoms with Crippen LogP contribution in [0.3, 0.4) is 0 Å². The van der Waals surface area contributed by atoms with E-state index in [4.69, 9.17) is 44.3 Å². The molecule has 0 bridgehead atoms. The summed E-state index contributed by atoms with van der Waals surface area (Å²) in [5.74, 6) is -2.96. The molecule has 0 atom stereocenters. The quantitative estimate of drug-likeness (QED) is 0.179. The highest BCUT2D eigenvalue weighted by Gasteiger charge is 2.25. The molecule has 1 aromatic heterocycles. The van der Waals surface area contributed by atoms with Crippen LogP contribution in [0.2, 0.25) is 15.1 Å². The molecule has 0 saturated carbocycles.